The van der Waals surface area contributed by atoms with E-state index < -0.39 is 5.41 Å². The fraction of sp³-hybridized carbons (Fsp3) is 0.471. The summed E-state index contributed by atoms with van der Waals surface area (Å²) in [6.45, 7) is 3.79. The standard InChI is InChI=1S/C17H20N4O3/c1-11-2-3-14-19-6-13(21(14)7-11)15(22)20-8-12-9-24-5-4-17(12,10-20)16(18)23/h2-3,6-7,12H,4-5,8-10H2,1H3,(H2,18,23)/t12-,17+/m1/s1. The Bertz CT molecular complexity index is 830. The molecule has 2 atom stereocenters. The fourth-order valence-corrected chi connectivity index (χ4v) is 3.91. The number of likely N-dealkylation sites (tertiary alicyclic amines) is 1. The van der Waals surface area contributed by atoms with E-state index in [4.69, 9.17) is 10.5 Å². The van der Waals surface area contributed by atoms with E-state index in [2.05, 4.69) is 4.98 Å². The zero-order valence-electron chi connectivity index (χ0n) is 13.6. The van der Waals surface area contributed by atoms with Crippen LogP contribution in [0, 0.1) is 18.3 Å². The van der Waals surface area contributed by atoms with Gasteiger partial charge in [0.25, 0.3) is 5.91 Å². The lowest BCUT2D eigenvalue weighted by Crippen LogP contribution is -2.48. The summed E-state index contributed by atoms with van der Waals surface area (Å²) in [7, 11) is 0. The third-order valence-electron chi connectivity index (χ3n) is 5.36. The summed E-state index contributed by atoms with van der Waals surface area (Å²) in [5, 5.41) is 0. The number of carbonyl (C=O) groups excluding carboxylic acids is 2. The molecule has 126 valence electrons. The van der Waals surface area contributed by atoms with E-state index in [1.165, 1.54) is 0 Å². The van der Waals surface area contributed by atoms with Crippen LogP contribution in [0.3, 0.4) is 0 Å². The van der Waals surface area contributed by atoms with Gasteiger partial charge in [0.1, 0.15) is 11.3 Å². The Morgan fingerprint density at radius 2 is 2.25 bits per heavy atom. The van der Waals surface area contributed by atoms with Gasteiger partial charge in [-0.25, -0.2) is 4.98 Å². The van der Waals surface area contributed by atoms with Gasteiger partial charge in [-0.2, -0.15) is 0 Å². The van der Waals surface area contributed by atoms with Crippen molar-refractivity contribution in [1.29, 1.82) is 0 Å². The van der Waals surface area contributed by atoms with Crippen LogP contribution >= 0.6 is 0 Å². The number of amides is 2. The lowest BCUT2D eigenvalue weighted by molar-refractivity contribution is -0.135. The summed E-state index contributed by atoms with van der Waals surface area (Å²) in [5.74, 6) is -0.489. The third kappa shape index (κ3) is 2.11. The molecule has 7 heteroatoms. The van der Waals surface area contributed by atoms with Gasteiger partial charge in [-0.1, -0.05) is 6.07 Å². The first kappa shape index (κ1) is 15.1. The number of fused-ring (bicyclic) bond motifs is 2. The van der Waals surface area contributed by atoms with E-state index in [0.29, 0.717) is 38.4 Å². The Labute approximate surface area is 139 Å². The molecular formula is C17H20N4O3. The van der Waals surface area contributed by atoms with Gasteiger partial charge in [0.15, 0.2) is 0 Å². The molecule has 2 aliphatic heterocycles. The number of pyridine rings is 1. The number of ether oxygens (including phenoxy) is 1. The Morgan fingerprint density at radius 1 is 1.42 bits per heavy atom. The highest BCUT2D eigenvalue weighted by molar-refractivity contribution is 5.94. The maximum absolute atomic E-state index is 13.0. The third-order valence-corrected chi connectivity index (χ3v) is 5.36. The molecule has 4 heterocycles. The largest absolute Gasteiger partial charge is 0.381 e. The highest BCUT2D eigenvalue weighted by Gasteiger charge is 2.53. The van der Waals surface area contributed by atoms with Gasteiger partial charge in [-0.05, 0) is 25.0 Å². The van der Waals surface area contributed by atoms with Crippen LogP contribution in [-0.2, 0) is 9.53 Å². The van der Waals surface area contributed by atoms with Gasteiger partial charge in [0.2, 0.25) is 5.91 Å². The quantitative estimate of drug-likeness (QED) is 0.874. The molecule has 2 fully saturated rings. The summed E-state index contributed by atoms with van der Waals surface area (Å²) in [4.78, 5) is 31.1. The minimum atomic E-state index is -0.662. The van der Waals surface area contributed by atoms with Crippen LogP contribution in [0.5, 0.6) is 0 Å². The molecule has 2 amide bonds. The number of hydrogen-bond acceptors (Lipinski definition) is 4. The average Bonchev–Trinajstić information content (AvgIpc) is 3.15. The molecule has 0 spiro atoms. The van der Waals surface area contributed by atoms with E-state index >= 15 is 0 Å². The SMILES string of the molecule is Cc1ccc2ncc(C(=O)N3C[C@@H]4COCC[C@]4(C(N)=O)C3)n2c1. The van der Waals surface area contributed by atoms with E-state index in [9.17, 15) is 9.59 Å². The minimum absolute atomic E-state index is 0.0337. The first-order valence-corrected chi connectivity index (χ1v) is 8.12. The van der Waals surface area contributed by atoms with Crippen molar-refractivity contribution >= 4 is 17.5 Å². The van der Waals surface area contributed by atoms with Crippen LogP contribution in [0.2, 0.25) is 0 Å². The molecule has 24 heavy (non-hydrogen) atoms. The summed E-state index contributed by atoms with van der Waals surface area (Å²) >= 11 is 0. The minimum Gasteiger partial charge on any atom is -0.381 e. The Balaban J connectivity index is 1.67. The predicted molar refractivity (Wildman–Crippen MR) is 86.4 cm³/mol. The van der Waals surface area contributed by atoms with Gasteiger partial charge in [0, 0.05) is 31.8 Å². The molecule has 0 unspecified atom stereocenters. The summed E-state index contributed by atoms with van der Waals surface area (Å²) in [6.07, 6.45) is 4.06. The first-order valence-electron chi connectivity index (χ1n) is 8.12. The van der Waals surface area contributed by atoms with Crippen molar-refractivity contribution in [3.8, 4) is 0 Å². The van der Waals surface area contributed by atoms with E-state index in [1.54, 1.807) is 15.5 Å². The van der Waals surface area contributed by atoms with Crippen molar-refractivity contribution in [2.24, 2.45) is 17.1 Å². The van der Waals surface area contributed by atoms with Crippen LogP contribution in [0.4, 0.5) is 0 Å². The van der Waals surface area contributed by atoms with Gasteiger partial charge >= 0.3 is 0 Å². The number of imidazole rings is 1. The zero-order chi connectivity index (χ0) is 16.9. The second kappa shape index (κ2) is 5.31. The first-order chi connectivity index (χ1) is 11.5. The topological polar surface area (TPSA) is 89.9 Å². The smallest absolute Gasteiger partial charge is 0.272 e. The van der Waals surface area contributed by atoms with Crippen LogP contribution < -0.4 is 5.73 Å². The van der Waals surface area contributed by atoms with E-state index in [0.717, 1.165) is 11.2 Å². The lowest BCUT2D eigenvalue weighted by Gasteiger charge is -2.34. The molecule has 0 radical (unpaired) electrons. The van der Waals surface area contributed by atoms with Crippen molar-refractivity contribution in [3.63, 3.8) is 0 Å². The van der Waals surface area contributed by atoms with Crippen LogP contribution in [0.25, 0.3) is 5.65 Å². The molecule has 0 aliphatic carbocycles. The molecule has 0 aromatic carbocycles. The van der Waals surface area contributed by atoms with Gasteiger partial charge in [-0.3, -0.25) is 14.0 Å². The Hall–Kier alpha value is -2.41. The lowest BCUT2D eigenvalue weighted by atomic mass is 9.74. The zero-order valence-corrected chi connectivity index (χ0v) is 13.6. The average molecular weight is 328 g/mol. The fourth-order valence-electron chi connectivity index (χ4n) is 3.91. The number of nitrogens with two attached hydrogens (primary N) is 1. The van der Waals surface area contributed by atoms with Gasteiger partial charge in [0.05, 0.1) is 18.2 Å². The van der Waals surface area contributed by atoms with Crippen molar-refractivity contribution < 1.29 is 14.3 Å². The van der Waals surface area contributed by atoms with Crippen molar-refractivity contribution in [2.75, 3.05) is 26.3 Å². The van der Waals surface area contributed by atoms with Crippen molar-refractivity contribution in [1.82, 2.24) is 14.3 Å². The highest BCUT2D eigenvalue weighted by atomic mass is 16.5. The number of nitrogens with zero attached hydrogens (tertiary/aromatic N) is 3. The monoisotopic (exact) mass is 328 g/mol. The van der Waals surface area contributed by atoms with Crippen LogP contribution in [0.15, 0.2) is 24.5 Å². The summed E-state index contributed by atoms with van der Waals surface area (Å²) in [6, 6.07) is 3.84. The van der Waals surface area contributed by atoms with Crippen LogP contribution in [-0.4, -0.2) is 52.4 Å². The number of hydrogen-bond donors (Lipinski definition) is 1. The van der Waals surface area contributed by atoms with Gasteiger partial charge < -0.3 is 15.4 Å². The van der Waals surface area contributed by atoms with E-state index in [1.807, 2.05) is 25.3 Å². The Morgan fingerprint density at radius 3 is 3.00 bits per heavy atom. The normalized spacial score (nSPS) is 26.5. The number of primary amides is 1. The maximum Gasteiger partial charge on any atom is 0.272 e. The molecule has 0 bridgehead atoms. The molecule has 2 aromatic heterocycles. The number of rotatable bonds is 2. The highest BCUT2D eigenvalue weighted by Crippen LogP contribution is 2.42. The van der Waals surface area contributed by atoms with Gasteiger partial charge in [-0.15, -0.1) is 0 Å². The number of carbonyl (C=O) groups is 2. The van der Waals surface area contributed by atoms with Crippen LogP contribution in [0.1, 0.15) is 22.5 Å². The molecule has 2 N–H and O–H groups in total. The second-order valence-corrected chi connectivity index (χ2v) is 6.81. The Kier molecular flexibility index (Phi) is 3.35. The number of aromatic nitrogens is 2. The molecule has 2 aliphatic rings. The molecular weight excluding hydrogens is 308 g/mol. The van der Waals surface area contributed by atoms with E-state index in [-0.39, 0.29) is 17.7 Å². The number of aryl methyl sites for hydroxylation is 1. The molecule has 7 nitrogen and oxygen atoms in total. The predicted octanol–water partition coefficient (Wildman–Crippen LogP) is 0.607. The molecule has 2 aromatic rings. The molecule has 2 saturated heterocycles. The molecule has 4 rings (SSSR count). The van der Waals surface area contributed by atoms with Crippen molar-refractivity contribution in [2.45, 2.75) is 13.3 Å². The van der Waals surface area contributed by atoms with Crippen molar-refractivity contribution in [3.05, 3.63) is 35.8 Å². The summed E-state index contributed by atoms with van der Waals surface area (Å²) < 4.78 is 7.30. The maximum atomic E-state index is 13.0. The summed E-state index contributed by atoms with van der Waals surface area (Å²) in [5.41, 5.74) is 7.31. The molecule has 0 saturated carbocycles. The second-order valence-electron chi connectivity index (χ2n) is 6.81.